The Bertz CT molecular complexity index is 473. The SMILES string of the molecule is CC(NS(=O)(=O)C(F)(F)F)S(=O)(=O)C(F)(F)F. The number of halogens is 6. The molecule has 0 amide bonds. The first kappa shape index (κ1) is 16.4. The van der Waals surface area contributed by atoms with Gasteiger partial charge >= 0.3 is 21.0 Å². The number of hydrogen-bond acceptors (Lipinski definition) is 4. The van der Waals surface area contributed by atoms with Gasteiger partial charge in [-0.2, -0.15) is 31.1 Å². The van der Waals surface area contributed by atoms with Crippen molar-refractivity contribution in [2.75, 3.05) is 0 Å². The summed E-state index contributed by atoms with van der Waals surface area (Å²) < 4.78 is 113. The van der Waals surface area contributed by atoms with E-state index in [0.717, 1.165) is 0 Å². The van der Waals surface area contributed by atoms with Crippen LogP contribution in [0.15, 0.2) is 0 Å². The fourth-order valence-corrected chi connectivity index (χ4v) is 2.41. The van der Waals surface area contributed by atoms with Crippen molar-refractivity contribution >= 4 is 19.9 Å². The Morgan fingerprint density at radius 1 is 0.882 bits per heavy atom. The lowest BCUT2D eigenvalue weighted by molar-refractivity contribution is -0.0474. The number of nitrogens with one attached hydrogen (secondary N) is 1. The monoisotopic (exact) mass is 309 g/mol. The lowest BCUT2D eigenvalue weighted by Gasteiger charge is -2.17. The molecule has 0 aromatic rings. The molecule has 0 saturated heterocycles. The summed E-state index contributed by atoms with van der Waals surface area (Å²) in [5.74, 6) is 0. The molecule has 0 spiro atoms. The first-order chi connectivity index (χ1) is 7.13. The molecule has 0 aliphatic rings. The number of alkyl halides is 6. The molecule has 1 atom stereocenters. The van der Waals surface area contributed by atoms with Crippen molar-refractivity contribution < 1.29 is 43.2 Å². The third-order valence-electron chi connectivity index (χ3n) is 1.41. The van der Waals surface area contributed by atoms with Crippen molar-refractivity contribution in [3.63, 3.8) is 0 Å². The number of sulfone groups is 1. The van der Waals surface area contributed by atoms with E-state index in [-0.39, 0.29) is 6.92 Å². The van der Waals surface area contributed by atoms with Gasteiger partial charge in [0.15, 0.2) is 0 Å². The van der Waals surface area contributed by atoms with Gasteiger partial charge in [0, 0.05) is 0 Å². The Labute approximate surface area is 91.8 Å². The van der Waals surface area contributed by atoms with Crippen LogP contribution in [0.25, 0.3) is 0 Å². The zero-order chi connectivity index (χ0) is 14.3. The number of rotatable bonds is 3. The van der Waals surface area contributed by atoms with Crippen molar-refractivity contribution in [2.24, 2.45) is 0 Å². The largest absolute Gasteiger partial charge is 0.511 e. The van der Waals surface area contributed by atoms with Gasteiger partial charge in [0.2, 0.25) is 0 Å². The van der Waals surface area contributed by atoms with Crippen molar-refractivity contribution in [2.45, 2.75) is 23.3 Å². The third kappa shape index (κ3) is 3.45. The van der Waals surface area contributed by atoms with E-state index < -0.39 is 36.3 Å². The Hall–Kier alpha value is -0.560. The molecule has 0 fully saturated rings. The molecule has 0 aromatic heterocycles. The van der Waals surface area contributed by atoms with Gasteiger partial charge in [0.25, 0.3) is 9.84 Å². The van der Waals surface area contributed by atoms with E-state index in [1.165, 1.54) is 0 Å². The molecule has 1 unspecified atom stereocenters. The Kier molecular flexibility index (Phi) is 4.13. The topological polar surface area (TPSA) is 80.3 Å². The smallest absolute Gasteiger partial charge is 0.218 e. The van der Waals surface area contributed by atoms with Crippen LogP contribution in [-0.4, -0.2) is 33.2 Å². The summed E-state index contributed by atoms with van der Waals surface area (Å²) in [6.07, 6.45) is 0. The van der Waals surface area contributed by atoms with Gasteiger partial charge in [0.05, 0.1) is 0 Å². The Balaban J connectivity index is 5.25. The summed E-state index contributed by atoms with van der Waals surface area (Å²) >= 11 is 0. The molecule has 13 heteroatoms. The van der Waals surface area contributed by atoms with Crippen LogP contribution in [0.4, 0.5) is 26.3 Å². The lowest BCUT2D eigenvalue weighted by Crippen LogP contribution is -2.48. The maximum absolute atomic E-state index is 11.9. The van der Waals surface area contributed by atoms with Gasteiger partial charge in [-0.1, -0.05) is 0 Å². The molecule has 1 N–H and O–H groups in total. The highest BCUT2D eigenvalue weighted by atomic mass is 32.2. The van der Waals surface area contributed by atoms with E-state index >= 15 is 0 Å². The molecule has 0 aliphatic carbocycles. The molecular formula is C4H5F6NO4S2. The summed E-state index contributed by atoms with van der Waals surface area (Å²) in [5, 5.41) is -2.98. The highest BCUT2D eigenvalue weighted by molar-refractivity contribution is 7.95. The highest BCUT2D eigenvalue weighted by Gasteiger charge is 2.53. The number of sulfonamides is 1. The molecule has 0 bridgehead atoms. The van der Waals surface area contributed by atoms with E-state index in [0.29, 0.717) is 4.72 Å². The maximum atomic E-state index is 11.9. The van der Waals surface area contributed by atoms with Gasteiger partial charge in [-0.3, -0.25) is 0 Å². The minimum absolute atomic E-state index is 0.131. The Morgan fingerprint density at radius 2 is 1.24 bits per heavy atom. The molecule has 0 rings (SSSR count). The third-order valence-corrected chi connectivity index (χ3v) is 4.53. The van der Waals surface area contributed by atoms with Crippen LogP contribution < -0.4 is 4.72 Å². The van der Waals surface area contributed by atoms with E-state index in [4.69, 9.17) is 0 Å². The second kappa shape index (κ2) is 4.28. The summed E-state index contributed by atoms with van der Waals surface area (Å²) in [7, 11) is -12.2. The summed E-state index contributed by atoms with van der Waals surface area (Å²) in [6.45, 7) is 0.131. The van der Waals surface area contributed by atoms with Crippen LogP contribution in [0, 0.1) is 0 Å². The van der Waals surface area contributed by atoms with E-state index in [1.807, 2.05) is 0 Å². The second-order valence-electron chi connectivity index (χ2n) is 2.70. The first-order valence-corrected chi connectivity index (χ1v) is 6.54. The van der Waals surface area contributed by atoms with Crippen LogP contribution in [0.5, 0.6) is 0 Å². The molecule has 0 saturated carbocycles. The van der Waals surface area contributed by atoms with Crippen LogP contribution in [-0.2, 0) is 19.9 Å². The molecule has 0 aliphatic heterocycles. The zero-order valence-corrected chi connectivity index (χ0v) is 9.43. The summed E-state index contributed by atoms with van der Waals surface area (Å²) in [6, 6.07) is 0. The highest BCUT2D eigenvalue weighted by Crippen LogP contribution is 2.28. The van der Waals surface area contributed by atoms with Crippen molar-refractivity contribution in [3.05, 3.63) is 0 Å². The second-order valence-corrected chi connectivity index (χ2v) is 6.67. The van der Waals surface area contributed by atoms with Gasteiger partial charge in [-0.25, -0.2) is 16.8 Å². The predicted octanol–water partition coefficient (Wildman–Crippen LogP) is 0.706. The molecule has 17 heavy (non-hydrogen) atoms. The van der Waals surface area contributed by atoms with Crippen molar-refractivity contribution in [1.29, 1.82) is 0 Å². The number of hydrogen-bond donors (Lipinski definition) is 1. The van der Waals surface area contributed by atoms with Crippen molar-refractivity contribution in [1.82, 2.24) is 4.72 Å². The van der Waals surface area contributed by atoms with Gasteiger partial charge in [0.1, 0.15) is 5.37 Å². The summed E-state index contributed by atoms with van der Waals surface area (Å²) in [4.78, 5) is 0. The minimum atomic E-state index is -6.17. The quantitative estimate of drug-likeness (QED) is 0.779. The standard InChI is InChI=1S/C4H5F6NO4S2/c1-2(16(12,13)3(5,6)7)11-17(14,15)4(8,9)10/h2,11H,1H3. The molecule has 0 aromatic carbocycles. The molecule has 5 nitrogen and oxygen atoms in total. The van der Waals surface area contributed by atoms with Crippen molar-refractivity contribution in [3.8, 4) is 0 Å². The molecule has 104 valence electrons. The van der Waals surface area contributed by atoms with Gasteiger partial charge < -0.3 is 0 Å². The van der Waals surface area contributed by atoms with E-state index in [9.17, 15) is 43.2 Å². The van der Waals surface area contributed by atoms with Crippen LogP contribution in [0.1, 0.15) is 6.92 Å². The lowest BCUT2D eigenvalue weighted by atomic mass is 10.8. The zero-order valence-electron chi connectivity index (χ0n) is 7.79. The fraction of sp³-hybridized carbons (Fsp3) is 1.00. The van der Waals surface area contributed by atoms with Crippen LogP contribution >= 0.6 is 0 Å². The Morgan fingerprint density at radius 3 is 1.47 bits per heavy atom. The van der Waals surface area contributed by atoms with Crippen LogP contribution in [0.3, 0.4) is 0 Å². The van der Waals surface area contributed by atoms with E-state index in [2.05, 4.69) is 0 Å². The molecular weight excluding hydrogens is 304 g/mol. The molecule has 0 radical (unpaired) electrons. The molecule has 0 heterocycles. The minimum Gasteiger partial charge on any atom is -0.218 e. The first-order valence-electron chi connectivity index (χ1n) is 3.51. The summed E-state index contributed by atoms with van der Waals surface area (Å²) in [5.41, 5.74) is -11.8. The van der Waals surface area contributed by atoms with E-state index in [1.54, 1.807) is 0 Å². The average molecular weight is 309 g/mol. The van der Waals surface area contributed by atoms with Crippen LogP contribution in [0.2, 0.25) is 0 Å². The normalized spacial score (nSPS) is 16.9. The van der Waals surface area contributed by atoms with Gasteiger partial charge in [-0.15, -0.1) is 0 Å². The fourth-order valence-electron chi connectivity index (χ4n) is 0.549. The predicted molar refractivity (Wildman–Crippen MR) is 42.5 cm³/mol. The average Bonchev–Trinajstić information content (AvgIpc) is 1.98. The maximum Gasteiger partial charge on any atom is 0.511 e. The van der Waals surface area contributed by atoms with Gasteiger partial charge in [-0.05, 0) is 6.92 Å².